The SMILES string of the molecule is CN(CCCN)C(=O)CS(=O)(=O)c1cccs1. The van der Waals surface area contributed by atoms with Crippen LogP contribution in [0.5, 0.6) is 0 Å². The van der Waals surface area contributed by atoms with Crippen molar-refractivity contribution in [1.29, 1.82) is 0 Å². The summed E-state index contributed by atoms with van der Waals surface area (Å²) in [7, 11) is -1.90. The maximum absolute atomic E-state index is 11.8. The molecule has 0 fully saturated rings. The van der Waals surface area contributed by atoms with Crippen LogP contribution in [0, 0.1) is 0 Å². The Morgan fingerprint density at radius 3 is 2.76 bits per heavy atom. The topological polar surface area (TPSA) is 80.5 Å². The maximum atomic E-state index is 11.8. The maximum Gasteiger partial charge on any atom is 0.237 e. The second kappa shape index (κ2) is 6.13. The summed E-state index contributed by atoms with van der Waals surface area (Å²) in [4.78, 5) is 13.1. The predicted molar refractivity (Wildman–Crippen MR) is 67.7 cm³/mol. The van der Waals surface area contributed by atoms with Gasteiger partial charge in [-0.1, -0.05) is 6.07 Å². The molecule has 0 saturated carbocycles. The predicted octanol–water partition coefficient (Wildman–Crippen LogP) is 0.329. The molecule has 0 saturated heterocycles. The van der Waals surface area contributed by atoms with Crippen molar-refractivity contribution in [3.05, 3.63) is 17.5 Å². The largest absolute Gasteiger partial charge is 0.345 e. The highest BCUT2D eigenvalue weighted by molar-refractivity contribution is 7.94. The summed E-state index contributed by atoms with van der Waals surface area (Å²) < 4.78 is 23.9. The first kappa shape index (κ1) is 14.1. The smallest absolute Gasteiger partial charge is 0.237 e. The number of hydrogen-bond donors (Lipinski definition) is 1. The van der Waals surface area contributed by atoms with Gasteiger partial charge >= 0.3 is 0 Å². The lowest BCUT2D eigenvalue weighted by Gasteiger charge is -2.16. The number of hydrogen-bond acceptors (Lipinski definition) is 5. The molecule has 0 radical (unpaired) electrons. The Balaban J connectivity index is 2.63. The van der Waals surface area contributed by atoms with Gasteiger partial charge in [0.05, 0.1) is 0 Å². The third kappa shape index (κ3) is 4.10. The minimum atomic E-state index is -3.49. The highest BCUT2D eigenvalue weighted by Gasteiger charge is 2.22. The van der Waals surface area contributed by atoms with Crippen molar-refractivity contribution in [1.82, 2.24) is 4.90 Å². The second-order valence-corrected chi connectivity index (χ2v) is 6.81. The highest BCUT2D eigenvalue weighted by Crippen LogP contribution is 2.17. The molecule has 7 heteroatoms. The van der Waals surface area contributed by atoms with E-state index in [1.807, 2.05) is 0 Å². The molecule has 17 heavy (non-hydrogen) atoms. The summed E-state index contributed by atoms with van der Waals surface area (Å²) in [5.41, 5.74) is 5.33. The Morgan fingerprint density at radius 1 is 1.53 bits per heavy atom. The molecule has 0 spiro atoms. The van der Waals surface area contributed by atoms with Gasteiger partial charge in [0, 0.05) is 13.6 Å². The van der Waals surface area contributed by atoms with Crippen LogP contribution in [-0.2, 0) is 14.6 Å². The van der Waals surface area contributed by atoms with Crippen molar-refractivity contribution in [2.45, 2.75) is 10.6 Å². The molecule has 0 atom stereocenters. The monoisotopic (exact) mass is 276 g/mol. The van der Waals surface area contributed by atoms with Crippen LogP contribution in [0.25, 0.3) is 0 Å². The quantitative estimate of drug-likeness (QED) is 0.812. The van der Waals surface area contributed by atoms with E-state index < -0.39 is 21.5 Å². The van der Waals surface area contributed by atoms with Gasteiger partial charge in [0.15, 0.2) is 9.84 Å². The molecule has 0 bridgehead atoms. The number of carbonyl (C=O) groups is 1. The number of carbonyl (C=O) groups excluding carboxylic acids is 1. The lowest BCUT2D eigenvalue weighted by atomic mass is 10.4. The lowest BCUT2D eigenvalue weighted by molar-refractivity contribution is -0.127. The van der Waals surface area contributed by atoms with E-state index in [-0.39, 0.29) is 4.21 Å². The summed E-state index contributed by atoms with van der Waals surface area (Å²) in [5, 5.41) is 1.68. The minimum absolute atomic E-state index is 0.234. The van der Waals surface area contributed by atoms with Gasteiger partial charge in [-0.2, -0.15) is 0 Å². The van der Waals surface area contributed by atoms with E-state index in [1.54, 1.807) is 18.5 Å². The van der Waals surface area contributed by atoms with Crippen LogP contribution in [0.1, 0.15) is 6.42 Å². The van der Waals surface area contributed by atoms with Crippen LogP contribution < -0.4 is 5.73 Å². The average molecular weight is 276 g/mol. The van der Waals surface area contributed by atoms with Crippen LogP contribution in [-0.4, -0.2) is 45.1 Å². The van der Waals surface area contributed by atoms with Gasteiger partial charge in [-0.3, -0.25) is 4.79 Å². The van der Waals surface area contributed by atoms with E-state index in [1.165, 1.54) is 11.0 Å². The summed E-state index contributed by atoms with van der Waals surface area (Å²) in [6.45, 7) is 0.963. The van der Waals surface area contributed by atoms with E-state index in [0.717, 1.165) is 11.3 Å². The van der Waals surface area contributed by atoms with Crippen molar-refractivity contribution < 1.29 is 13.2 Å². The Hall–Kier alpha value is -0.920. The van der Waals surface area contributed by atoms with Crippen LogP contribution in [0.3, 0.4) is 0 Å². The van der Waals surface area contributed by atoms with E-state index >= 15 is 0 Å². The van der Waals surface area contributed by atoms with Gasteiger partial charge < -0.3 is 10.6 Å². The molecule has 0 unspecified atom stereocenters. The average Bonchev–Trinajstić information content (AvgIpc) is 2.79. The Bertz CT molecular complexity index is 454. The summed E-state index contributed by atoms with van der Waals surface area (Å²) >= 11 is 1.12. The molecular formula is C10H16N2O3S2. The van der Waals surface area contributed by atoms with Crippen molar-refractivity contribution in [2.24, 2.45) is 5.73 Å². The zero-order valence-electron chi connectivity index (χ0n) is 9.63. The molecule has 2 N–H and O–H groups in total. The number of nitrogens with two attached hydrogens (primary N) is 1. The molecule has 1 aromatic rings. The lowest BCUT2D eigenvalue weighted by Crippen LogP contribution is -2.33. The third-order valence-corrected chi connectivity index (χ3v) is 5.33. The van der Waals surface area contributed by atoms with Crippen LogP contribution in [0.15, 0.2) is 21.7 Å². The Morgan fingerprint density at radius 2 is 2.24 bits per heavy atom. The standard InChI is InChI=1S/C10H16N2O3S2/c1-12(6-3-5-11)9(13)8-17(14,15)10-4-2-7-16-10/h2,4,7H,3,5-6,8,11H2,1H3. The molecule has 1 rings (SSSR count). The molecule has 5 nitrogen and oxygen atoms in total. The van der Waals surface area contributed by atoms with Crippen LogP contribution >= 0.6 is 11.3 Å². The summed E-state index contributed by atoms with van der Waals surface area (Å²) in [5.74, 6) is -0.874. The van der Waals surface area contributed by atoms with Gasteiger partial charge in [0.2, 0.25) is 5.91 Å². The van der Waals surface area contributed by atoms with Crippen LogP contribution in [0.4, 0.5) is 0 Å². The van der Waals surface area contributed by atoms with Crippen molar-refractivity contribution in [3.63, 3.8) is 0 Å². The first-order valence-electron chi connectivity index (χ1n) is 5.17. The molecule has 0 aliphatic carbocycles. The summed E-state index contributed by atoms with van der Waals surface area (Å²) in [6, 6.07) is 3.16. The first-order valence-corrected chi connectivity index (χ1v) is 7.71. The molecule has 1 heterocycles. The van der Waals surface area contributed by atoms with Gasteiger partial charge in [-0.15, -0.1) is 11.3 Å². The van der Waals surface area contributed by atoms with Crippen molar-refractivity contribution in [2.75, 3.05) is 25.9 Å². The molecule has 0 aliphatic heterocycles. The van der Waals surface area contributed by atoms with Crippen molar-refractivity contribution in [3.8, 4) is 0 Å². The zero-order valence-corrected chi connectivity index (χ0v) is 11.3. The molecule has 0 aliphatic rings. The zero-order chi connectivity index (χ0) is 12.9. The molecular weight excluding hydrogens is 260 g/mol. The van der Waals surface area contributed by atoms with Gasteiger partial charge in [0.1, 0.15) is 9.96 Å². The van der Waals surface area contributed by atoms with E-state index in [9.17, 15) is 13.2 Å². The normalized spacial score (nSPS) is 11.4. The number of rotatable bonds is 6. The molecule has 1 amide bonds. The van der Waals surface area contributed by atoms with E-state index in [4.69, 9.17) is 5.73 Å². The summed E-state index contributed by atoms with van der Waals surface area (Å²) in [6.07, 6.45) is 0.668. The van der Waals surface area contributed by atoms with Crippen molar-refractivity contribution >= 4 is 27.1 Å². The molecule has 96 valence electrons. The number of amides is 1. The Kier molecular flexibility index (Phi) is 5.10. The molecule has 0 aromatic carbocycles. The fraction of sp³-hybridized carbons (Fsp3) is 0.500. The van der Waals surface area contributed by atoms with Gasteiger partial charge in [-0.05, 0) is 24.4 Å². The number of sulfone groups is 1. The van der Waals surface area contributed by atoms with E-state index in [0.29, 0.717) is 19.5 Å². The van der Waals surface area contributed by atoms with Gasteiger partial charge in [0.25, 0.3) is 0 Å². The number of nitrogens with zero attached hydrogens (tertiary/aromatic N) is 1. The first-order chi connectivity index (χ1) is 7.97. The van der Waals surface area contributed by atoms with Crippen LogP contribution in [0.2, 0.25) is 0 Å². The number of thiophene rings is 1. The van der Waals surface area contributed by atoms with Gasteiger partial charge in [-0.25, -0.2) is 8.42 Å². The fourth-order valence-corrected chi connectivity index (χ4v) is 3.59. The minimum Gasteiger partial charge on any atom is -0.345 e. The Labute approximate surface area is 105 Å². The third-order valence-electron chi connectivity index (χ3n) is 2.24. The highest BCUT2D eigenvalue weighted by atomic mass is 32.2. The van der Waals surface area contributed by atoms with E-state index in [2.05, 4.69) is 0 Å². The fourth-order valence-electron chi connectivity index (χ4n) is 1.24. The second-order valence-electron chi connectivity index (χ2n) is 3.65. The molecule has 1 aromatic heterocycles.